The number of hydrogen-bond acceptors (Lipinski definition) is 4. The van der Waals surface area contributed by atoms with Gasteiger partial charge in [-0.05, 0) is 17.5 Å². The number of anilines is 1. The number of amides is 2. The second kappa shape index (κ2) is 8.12. The molecule has 0 atom stereocenters. The first-order chi connectivity index (χ1) is 13.6. The van der Waals surface area contributed by atoms with Crippen LogP contribution in [0.15, 0.2) is 53.1 Å². The number of carbonyl (C=O) groups excluding carboxylic acids is 2. The average molecular weight is 443 g/mol. The Morgan fingerprint density at radius 2 is 1.86 bits per heavy atom. The first-order valence-corrected chi connectivity index (χ1v) is 9.79. The maximum atomic E-state index is 12.8. The lowest BCUT2D eigenvalue weighted by Crippen LogP contribution is -2.42. The third kappa shape index (κ3) is 3.93. The van der Waals surface area contributed by atoms with Crippen LogP contribution in [0.4, 0.5) is 5.82 Å². The highest BCUT2D eigenvalue weighted by atomic mass is 79.9. The van der Waals surface area contributed by atoms with E-state index in [-0.39, 0.29) is 18.4 Å². The highest BCUT2D eigenvalue weighted by Crippen LogP contribution is 2.27. The molecular formula is C20H19BrN4O3. The van der Waals surface area contributed by atoms with E-state index in [9.17, 15) is 9.59 Å². The Labute approximate surface area is 170 Å². The smallest absolute Gasteiger partial charge is 0.257 e. The van der Waals surface area contributed by atoms with Crippen molar-refractivity contribution in [3.8, 4) is 0 Å². The monoisotopic (exact) mass is 442 g/mol. The lowest BCUT2D eigenvalue weighted by molar-refractivity contribution is -0.136. The Balaban J connectivity index is 1.47. The summed E-state index contributed by atoms with van der Waals surface area (Å²) in [5, 5.41) is 8.95. The van der Waals surface area contributed by atoms with Crippen molar-refractivity contribution in [1.82, 2.24) is 14.7 Å². The predicted molar refractivity (Wildman–Crippen MR) is 109 cm³/mol. The summed E-state index contributed by atoms with van der Waals surface area (Å²) >= 11 is 3.52. The Morgan fingerprint density at radius 1 is 1.11 bits per heavy atom. The fourth-order valence-electron chi connectivity index (χ4n) is 3.24. The number of aromatic nitrogens is 2. The molecule has 8 heteroatoms. The maximum Gasteiger partial charge on any atom is 0.257 e. The van der Waals surface area contributed by atoms with Crippen molar-refractivity contribution in [2.24, 2.45) is 0 Å². The van der Waals surface area contributed by atoms with Gasteiger partial charge in [0.2, 0.25) is 5.91 Å². The van der Waals surface area contributed by atoms with Crippen LogP contribution in [0.5, 0.6) is 0 Å². The Kier molecular flexibility index (Phi) is 5.40. The van der Waals surface area contributed by atoms with Gasteiger partial charge in [-0.15, -0.1) is 0 Å². The van der Waals surface area contributed by atoms with Gasteiger partial charge in [-0.1, -0.05) is 40.2 Å². The average Bonchev–Trinajstić information content (AvgIpc) is 3.15. The standard InChI is InChI=1S/C20H19BrN4O3/c21-16-6-2-4-14-3-1-5-15(19(14)16)20(27)22-17-7-8-25(23-17)13-18(26)24-9-11-28-12-10-24/h1-8H,9-13H2,(H,22,23,27). The fraction of sp³-hybridized carbons (Fsp3) is 0.250. The molecule has 1 N–H and O–H groups in total. The Morgan fingerprint density at radius 3 is 2.64 bits per heavy atom. The molecule has 2 aromatic carbocycles. The lowest BCUT2D eigenvalue weighted by atomic mass is 10.0. The van der Waals surface area contributed by atoms with Gasteiger partial charge < -0.3 is 15.0 Å². The van der Waals surface area contributed by atoms with Gasteiger partial charge in [0.05, 0.1) is 13.2 Å². The van der Waals surface area contributed by atoms with Crippen molar-refractivity contribution in [3.63, 3.8) is 0 Å². The molecule has 1 fully saturated rings. The van der Waals surface area contributed by atoms with Gasteiger partial charge in [0.25, 0.3) is 5.91 Å². The van der Waals surface area contributed by atoms with Crippen LogP contribution in [0.25, 0.3) is 10.8 Å². The van der Waals surface area contributed by atoms with Crippen LogP contribution in [0.3, 0.4) is 0 Å². The zero-order chi connectivity index (χ0) is 19.5. The molecule has 1 aliphatic rings. The number of rotatable bonds is 4. The van der Waals surface area contributed by atoms with Gasteiger partial charge >= 0.3 is 0 Å². The first kappa shape index (κ1) is 18.6. The van der Waals surface area contributed by atoms with Crippen molar-refractivity contribution >= 4 is 44.3 Å². The third-order valence-electron chi connectivity index (χ3n) is 4.64. The molecule has 0 aliphatic carbocycles. The summed E-state index contributed by atoms with van der Waals surface area (Å²) in [5.41, 5.74) is 0.559. The Hall–Kier alpha value is -2.71. The van der Waals surface area contributed by atoms with Crippen LogP contribution in [0.1, 0.15) is 10.4 Å². The van der Waals surface area contributed by atoms with Crippen LogP contribution in [-0.2, 0) is 16.1 Å². The van der Waals surface area contributed by atoms with E-state index in [0.717, 1.165) is 15.2 Å². The molecule has 1 aromatic heterocycles. The zero-order valence-corrected chi connectivity index (χ0v) is 16.7. The molecule has 3 aromatic rings. The van der Waals surface area contributed by atoms with E-state index < -0.39 is 0 Å². The second-order valence-corrected chi connectivity index (χ2v) is 7.34. The highest BCUT2D eigenvalue weighted by Gasteiger charge is 2.18. The number of ether oxygens (including phenoxy) is 1. The summed E-state index contributed by atoms with van der Waals surface area (Å²) in [6, 6.07) is 13.1. The molecule has 0 radical (unpaired) electrons. The van der Waals surface area contributed by atoms with Crippen LogP contribution >= 0.6 is 15.9 Å². The van der Waals surface area contributed by atoms with Crippen molar-refractivity contribution in [3.05, 3.63) is 58.7 Å². The minimum atomic E-state index is -0.248. The first-order valence-electron chi connectivity index (χ1n) is 8.99. The van der Waals surface area contributed by atoms with Crippen LogP contribution in [0, 0.1) is 0 Å². The summed E-state index contributed by atoms with van der Waals surface area (Å²) in [6.45, 7) is 2.45. The van der Waals surface area contributed by atoms with Crippen molar-refractivity contribution < 1.29 is 14.3 Å². The van der Waals surface area contributed by atoms with E-state index >= 15 is 0 Å². The molecule has 4 rings (SSSR count). The Bertz CT molecular complexity index is 1020. The highest BCUT2D eigenvalue weighted by molar-refractivity contribution is 9.10. The summed E-state index contributed by atoms with van der Waals surface area (Å²) in [6.07, 6.45) is 1.69. The van der Waals surface area contributed by atoms with E-state index in [0.29, 0.717) is 37.7 Å². The molecule has 0 spiro atoms. The molecule has 2 amide bonds. The predicted octanol–water partition coefficient (Wildman–Crippen LogP) is 2.91. The van der Waals surface area contributed by atoms with E-state index in [1.165, 1.54) is 4.68 Å². The van der Waals surface area contributed by atoms with Gasteiger partial charge in [-0.3, -0.25) is 14.3 Å². The molecule has 1 saturated heterocycles. The van der Waals surface area contributed by atoms with E-state index in [2.05, 4.69) is 26.3 Å². The van der Waals surface area contributed by atoms with E-state index in [1.807, 2.05) is 30.3 Å². The van der Waals surface area contributed by atoms with E-state index in [1.54, 1.807) is 23.2 Å². The number of morpholine rings is 1. The molecule has 144 valence electrons. The summed E-state index contributed by atoms with van der Waals surface area (Å²) in [7, 11) is 0. The van der Waals surface area contributed by atoms with Crippen molar-refractivity contribution in [1.29, 1.82) is 0 Å². The van der Waals surface area contributed by atoms with E-state index in [4.69, 9.17) is 4.74 Å². The van der Waals surface area contributed by atoms with Gasteiger partial charge in [0, 0.05) is 40.8 Å². The molecule has 7 nitrogen and oxygen atoms in total. The fourth-order valence-corrected chi connectivity index (χ4v) is 3.83. The second-order valence-electron chi connectivity index (χ2n) is 6.49. The number of halogens is 1. The van der Waals surface area contributed by atoms with Gasteiger partial charge in [-0.2, -0.15) is 5.10 Å². The van der Waals surface area contributed by atoms with Crippen LogP contribution in [-0.4, -0.2) is 52.8 Å². The molecule has 28 heavy (non-hydrogen) atoms. The number of carbonyl (C=O) groups is 2. The quantitative estimate of drug-likeness (QED) is 0.673. The lowest BCUT2D eigenvalue weighted by Gasteiger charge is -2.26. The molecule has 0 bridgehead atoms. The summed E-state index contributed by atoms with van der Waals surface area (Å²) in [5.74, 6) is 0.147. The number of nitrogens with zero attached hydrogens (tertiary/aromatic N) is 3. The number of benzene rings is 2. The molecular weight excluding hydrogens is 424 g/mol. The minimum Gasteiger partial charge on any atom is -0.378 e. The third-order valence-corrected chi connectivity index (χ3v) is 5.30. The summed E-state index contributed by atoms with van der Waals surface area (Å²) in [4.78, 5) is 26.9. The normalized spacial score (nSPS) is 14.2. The maximum absolute atomic E-state index is 12.8. The zero-order valence-electron chi connectivity index (χ0n) is 15.1. The van der Waals surface area contributed by atoms with Crippen LogP contribution < -0.4 is 5.32 Å². The SMILES string of the molecule is O=C(Nc1ccn(CC(=O)N2CCOCC2)n1)c1cccc2cccc(Br)c12. The molecule has 2 heterocycles. The number of hydrogen-bond donors (Lipinski definition) is 1. The van der Waals surface area contributed by atoms with Gasteiger partial charge in [0.1, 0.15) is 6.54 Å². The molecule has 1 aliphatic heterocycles. The topological polar surface area (TPSA) is 76.5 Å². The summed E-state index contributed by atoms with van der Waals surface area (Å²) < 4.78 is 7.65. The van der Waals surface area contributed by atoms with Crippen molar-refractivity contribution in [2.45, 2.75) is 6.54 Å². The molecule has 0 unspecified atom stereocenters. The minimum absolute atomic E-state index is 0.0118. The van der Waals surface area contributed by atoms with Crippen LogP contribution in [0.2, 0.25) is 0 Å². The van der Waals surface area contributed by atoms with Crippen molar-refractivity contribution in [2.75, 3.05) is 31.6 Å². The largest absolute Gasteiger partial charge is 0.378 e. The molecule has 0 saturated carbocycles. The number of fused-ring (bicyclic) bond motifs is 1. The number of nitrogens with one attached hydrogen (secondary N) is 1. The van der Waals surface area contributed by atoms with Gasteiger partial charge in [-0.25, -0.2) is 0 Å². The van der Waals surface area contributed by atoms with Gasteiger partial charge in [0.15, 0.2) is 5.82 Å².